The van der Waals surface area contributed by atoms with Gasteiger partial charge in [0.25, 0.3) is 0 Å². The van der Waals surface area contributed by atoms with E-state index in [1.807, 2.05) is 7.05 Å². The summed E-state index contributed by atoms with van der Waals surface area (Å²) in [5, 5.41) is 6.69. The number of benzene rings is 1. The van der Waals surface area contributed by atoms with Crippen LogP contribution in [0, 0.1) is 12.8 Å². The zero-order valence-corrected chi connectivity index (χ0v) is 13.4. The minimum absolute atomic E-state index is 0. The van der Waals surface area contributed by atoms with Crippen molar-refractivity contribution in [3.8, 4) is 0 Å². The van der Waals surface area contributed by atoms with Gasteiger partial charge in [0.2, 0.25) is 0 Å². The molecule has 1 saturated carbocycles. The number of nitrogens with one attached hydrogen (secondary N) is 2. The van der Waals surface area contributed by atoms with E-state index in [2.05, 4.69) is 46.8 Å². The molecule has 0 unspecified atom stereocenters. The van der Waals surface area contributed by atoms with Crippen molar-refractivity contribution in [2.45, 2.75) is 26.3 Å². The highest BCUT2D eigenvalue weighted by Crippen LogP contribution is 2.27. The van der Waals surface area contributed by atoms with Gasteiger partial charge in [-0.05, 0) is 31.2 Å². The molecule has 0 aliphatic heterocycles. The largest absolute Gasteiger partial charge is 0.356 e. The first-order valence-electron chi connectivity index (χ1n) is 6.28. The number of rotatable bonds is 4. The van der Waals surface area contributed by atoms with E-state index in [0.29, 0.717) is 0 Å². The van der Waals surface area contributed by atoms with Crippen molar-refractivity contribution in [1.82, 2.24) is 10.6 Å². The number of aliphatic imine (C=N–C) groups is 1. The van der Waals surface area contributed by atoms with E-state index in [4.69, 9.17) is 0 Å². The van der Waals surface area contributed by atoms with Crippen molar-refractivity contribution in [3.63, 3.8) is 0 Å². The van der Waals surface area contributed by atoms with E-state index < -0.39 is 0 Å². The van der Waals surface area contributed by atoms with Crippen molar-refractivity contribution in [1.29, 1.82) is 0 Å². The molecule has 0 radical (unpaired) electrons. The molecule has 1 aliphatic rings. The molecule has 18 heavy (non-hydrogen) atoms. The topological polar surface area (TPSA) is 36.4 Å². The zero-order chi connectivity index (χ0) is 12.1. The third-order valence-electron chi connectivity index (χ3n) is 3.02. The van der Waals surface area contributed by atoms with Gasteiger partial charge < -0.3 is 10.6 Å². The molecule has 1 aromatic carbocycles. The highest BCUT2D eigenvalue weighted by molar-refractivity contribution is 14.0. The summed E-state index contributed by atoms with van der Waals surface area (Å²) in [6, 6.07) is 8.53. The minimum atomic E-state index is 0. The second kappa shape index (κ2) is 7.61. The van der Waals surface area contributed by atoms with Gasteiger partial charge in [0, 0.05) is 20.1 Å². The molecule has 1 aromatic rings. The monoisotopic (exact) mass is 359 g/mol. The van der Waals surface area contributed by atoms with Crippen molar-refractivity contribution in [2.24, 2.45) is 10.9 Å². The fourth-order valence-corrected chi connectivity index (χ4v) is 1.79. The molecule has 1 aliphatic carbocycles. The van der Waals surface area contributed by atoms with E-state index in [0.717, 1.165) is 25.0 Å². The van der Waals surface area contributed by atoms with Gasteiger partial charge in [-0.2, -0.15) is 0 Å². The fourth-order valence-electron chi connectivity index (χ4n) is 1.79. The Balaban J connectivity index is 0.00000162. The lowest BCUT2D eigenvalue weighted by Crippen LogP contribution is -2.37. The third-order valence-corrected chi connectivity index (χ3v) is 3.02. The first-order valence-corrected chi connectivity index (χ1v) is 6.28. The zero-order valence-electron chi connectivity index (χ0n) is 11.1. The summed E-state index contributed by atoms with van der Waals surface area (Å²) in [6.45, 7) is 3.99. The third kappa shape index (κ3) is 5.25. The quantitative estimate of drug-likeness (QED) is 0.493. The standard InChI is InChI=1S/C14H21N3.HI/c1-11-4-3-5-13(8-11)10-17-14(15-2)16-9-12-6-7-12;/h3-5,8,12H,6-7,9-10H2,1-2H3,(H2,15,16,17);1H. The molecule has 100 valence electrons. The minimum Gasteiger partial charge on any atom is -0.356 e. The van der Waals surface area contributed by atoms with Crippen LogP contribution in [-0.4, -0.2) is 19.6 Å². The van der Waals surface area contributed by atoms with Gasteiger partial charge in [-0.3, -0.25) is 4.99 Å². The van der Waals surface area contributed by atoms with Crippen LogP contribution in [0.4, 0.5) is 0 Å². The predicted molar refractivity (Wildman–Crippen MR) is 87.5 cm³/mol. The molecule has 0 bridgehead atoms. The average Bonchev–Trinajstić information content (AvgIpc) is 3.13. The average molecular weight is 359 g/mol. The summed E-state index contributed by atoms with van der Waals surface area (Å²) in [7, 11) is 1.82. The molecule has 0 amide bonds. The molecule has 2 rings (SSSR count). The summed E-state index contributed by atoms with van der Waals surface area (Å²) >= 11 is 0. The molecule has 1 fully saturated rings. The van der Waals surface area contributed by atoms with Crippen molar-refractivity contribution in [3.05, 3.63) is 35.4 Å². The van der Waals surface area contributed by atoms with E-state index in [9.17, 15) is 0 Å². The summed E-state index contributed by atoms with van der Waals surface area (Å²) in [5.41, 5.74) is 2.59. The van der Waals surface area contributed by atoms with Gasteiger partial charge in [0.15, 0.2) is 5.96 Å². The molecule has 0 saturated heterocycles. The maximum atomic E-state index is 4.22. The lowest BCUT2D eigenvalue weighted by atomic mass is 10.1. The van der Waals surface area contributed by atoms with E-state index in [-0.39, 0.29) is 24.0 Å². The van der Waals surface area contributed by atoms with E-state index in [1.165, 1.54) is 24.0 Å². The first kappa shape index (κ1) is 15.3. The van der Waals surface area contributed by atoms with Gasteiger partial charge in [0.05, 0.1) is 0 Å². The molecule has 2 N–H and O–H groups in total. The van der Waals surface area contributed by atoms with Crippen LogP contribution >= 0.6 is 24.0 Å². The molecule has 0 spiro atoms. The number of guanidine groups is 1. The molecule has 4 heteroatoms. The Labute approximate surface area is 126 Å². The Morgan fingerprint density at radius 2 is 2.11 bits per heavy atom. The van der Waals surface area contributed by atoms with Gasteiger partial charge in [-0.15, -0.1) is 24.0 Å². The highest BCUT2D eigenvalue weighted by Gasteiger charge is 2.20. The number of hydrogen-bond donors (Lipinski definition) is 2. The molecule has 0 heterocycles. The summed E-state index contributed by atoms with van der Waals surface area (Å²) in [6.07, 6.45) is 2.73. The number of aryl methyl sites for hydroxylation is 1. The Morgan fingerprint density at radius 1 is 1.33 bits per heavy atom. The van der Waals surface area contributed by atoms with Crippen LogP contribution in [0.1, 0.15) is 24.0 Å². The normalized spacial score (nSPS) is 14.9. The number of halogens is 1. The van der Waals surface area contributed by atoms with Crippen LogP contribution in [0.25, 0.3) is 0 Å². The maximum absolute atomic E-state index is 4.22. The van der Waals surface area contributed by atoms with Crippen LogP contribution < -0.4 is 10.6 Å². The highest BCUT2D eigenvalue weighted by atomic mass is 127. The van der Waals surface area contributed by atoms with Crippen LogP contribution in [0.5, 0.6) is 0 Å². The van der Waals surface area contributed by atoms with Crippen LogP contribution in [0.2, 0.25) is 0 Å². The fraction of sp³-hybridized carbons (Fsp3) is 0.500. The van der Waals surface area contributed by atoms with Gasteiger partial charge in [-0.1, -0.05) is 29.8 Å². The van der Waals surface area contributed by atoms with Crippen LogP contribution in [-0.2, 0) is 6.54 Å². The second-order valence-electron chi connectivity index (χ2n) is 4.74. The van der Waals surface area contributed by atoms with Crippen molar-refractivity contribution < 1.29 is 0 Å². The smallest absolute Gasteiger partial charge is 0.191 e. The Kier molecular flexibility index (Phi) is 6.46. The Bertz CT molecular complexity index is 400. The van der Waals surface area contributed by atoms with E-state index in [1.54, 1.807) is 0 Å². The summed E-state index contributed by atoms with van der Waals surface area (Å²) < 4.78 is 0. The SMILES string of the molecule is CN=C(NCc1cccc(C)c1)NCC1CC1.I. The number of nitrogens with zero attached hydrogens (tertiary/aromatic N) is 1. The van der Waals surface area contributed by atoms with Crippen molar-refractivity contribution >= 4 is 29.9 Å². The molecule has 0 aromatic heterocycles. The summed E-state index contributed by atoms with van der Waals surface area (Å²) in [5.74, 6) is 1.77. The van der Waals surface area contributed by atoms with Crippen LogP contribution in [0.15, 0.2) is 29.3 Å². The van der Waals surface area contributed by atoms with Gasteiger partial charge in [-0.25, -0.2) is 0 Å². The lowest BCUT2D eigenvalue weighted by molar-refractivity contribution is 0.737. The van der Waals surface area contributed by atoms with E-state index >= 15 is 0 Å². The number of hydrogen-bond acceptors (Lipinski definition) is 1. The second-order valence-corrected chi connectivity index (χ2v) is 4.74. The molecule has 3 nitrogen and oxygen atoms in total. The van der Waals surface area contributed by atoms with Gasteiger partial charge >= 0.3 is 0 Å². The maximum Gasteiger partial charge on any atom is 0.191 e. The van der Waals surface area contributed by atoms with Crippen LogP contribution in [0.3, 0.4) is 0 Å². The predicted octanol–water partition coefficient (Wildman–Crippen LogP) is 2.69. The Hall–Kier alpha value is -0.780. The lowest BCUT2D eigenvalue weighted by Gasteiger charge is -2.11. The Morgan fingerprint density at radius 3 is 2.72 bits per heavy atom. The molecular formula is C14H22IN3. The molecule has 0 atom stereocenters. The van der Waals surface area contributed by atoms with Crippen molar-refractivity contribution in [2.75, 3.05) is 13.6 Å². The van der Waals surface area contributed by atoms with Gasteiger partial charge in [0.1, 0.15) is 0 Å². The first-order chi connectivity index (χ1) is 8.28. The summed E-state index contributed by atoms with van der Waals surface area (Å²) in [4.78, 5) is 4.22. The molecular weight excluding hydrogens is 337 g/mol.